The second-order valence-corrected chi connectivity index (χ2v) is 3.71. The number of hydrogen-bond donors (Lipinski definition) is 1. The number of nitrogens with zero attached hydrogens (tertiary/aromatic N) is 2. The molecule has 72 valence electrons. The molecule has 0 atom stereocenters. The van der Waals surface area contributed by atoms with Crippen LogP contribution in [0, 0.1) is 6.92 Å². The third-order valence-corrected chi connectivity index (χ3v) is 2.45. The van der Waals surface area contributed by atoms with Crippen LogP contribution in [0.1, 0.15) is 5.56 Å². The van der Waals surface area contributed by atoms with Crippen molar-refractivity contribution in [1.82, 2.24) is 9.97 Å². The van der Waals surface area contributed by atoms with E-state index in [1.54, 1.807) is 12.5 Å². The predicted octanol–water partition coefficient (Wildman–Crippen LogP) is 2.39. The van der Waals surface area contributed by atoms with E-state index in [9.17, 15) is 0 Å². The minimum Gasteiger partial charge on any atom is -0.461 e. The zero-order valence-corrected chi connectivity index (χ0v) is 9.08. The molecule has 14 heavy (non-hydrogen) atoms. The number of nitrogens with two attached hydrogens (primary N) is 1. The number of anilines is 1. The van der Waals surface area contributed by atoms with Gasteiger partial charge in [0.2, 0.25) is 5.95 Å². The van der Waals surface area contributed by atoms with Crippen molar-refractivity contribution in [2.45, 2.75) is 6.92 Å². The largest absolute Gasteiger partial charge is 0.461 e. The first-order valence-corrected chi connectivity index (χ1v) is 4.80. The Morgan fingerprint density at radius 1 is 1.50 bits per heavy atom. The molecular formula is C9H8BrN3O. The summed E-state index contributed by atoms with van der Waals surface area (Å²) in [6.07, 6.45) is 3.27. The van der Waals surface area contributed by atoms with Crippen molar-refractivity contribution < 1.29 is 4.42 Å². The van der Waals surface area contributed by atoms with E-state index >= 15 is 0 Å². The van der Waals surface area contributed by atoms with E-state index in [4.69, 9.17) is 10.2 Å². The molecule has 4 nitrogen and oxygen atoms in total. The summed E-state index contributed by atoms with van der Waals surface area (Å²) >= 11 is 3.37. The third kappa shape index (κ3) is 1.50. The molecule has 0 fully saturated rings. The van der Waals surface area contributed by atoms with Crippen LogP contribution >= 0.6 is 15.9 Å². The Hall–Kier alpha value is -1.36. The lowest BCUT2D eigenvalue weighted by Gasteiger charge is -2.02. The number of aromatic nitrogens is 2. The summed E-state index contributed by atoms with van der Waals surface area (Å²) in [7, 11) is 0. The van der Waals surface area contributed by atoms with Crippen LogP contribution in [-0.4, -0.2) is 9.97 Å². The molecule has 0 amide bonds. The van der Waals surface area contributed by atoms with Crippen LogP contribution in [0.2, 0.25) is 0 Å². The maximum Gasteiger partial charge on any atom is 0.220 e. The van der Waals surface area contributed by atoms with Crippen molar-refractivity contribution in [2.24, 2.45) is 0 Å². The smallest absolute Gasteiger partial charge is 0.220 e. The zero-order valence-electron chi connectivity index (χ0n) is 7.49. The van der Waals surface area contributed by atoms with Gasteiger partial charge in [-0.3, -0.25) is 0 Å². The van der Waals surface area contributed by atoms with Crippen LogP contribution < -0.4 is 5.73 Å². The molecule has 0 aliphatic carbocycles. The maximum atomic E-state index is 5.50. The molecule has 0 saturated carbocycles. The molecule has 2 aromatic heterocycles. The van der Waals surface area contributed by atoms with Gasteiger partial charge in [0.1, 0.15) is 5.69 Å². The fraction of sp³-hybridized carbons (Fsp3) is 0.111. The third-order valence-electron chi connectivity index (χ3n) is 1.82. The molecular weight excluding hydrogens is 246 g/mol. The van der Waals surface area contributed by atoms with Crippen molar-refractivity contribution >= 4 is 21.9 Å². The highest BCUT2D eigenvalue weighted by Crippen LogP contribution is 2.29. The van der Waals surface area contributed by atoms with Gasteiger partial charge >= 0.3 is 0 Å². The first-order valence-electron chi connectivity index (χ1n) is 4.01. The Morgan fingerprint density at radius 3 is 2.93 bits per heavy atom. The monoisotopic (exact) mass is 253 g/mol. The normalized spacial score (nSPS) is 10.4. The topological polar surface area (TPSA) is 64.9 Å². The van der Waals surface area contributed by atoms with Crippen molar-refractivity contribution in [3.05, 3.63) is 28.6 Å². The lowest BCUT2D eigenvalue weighted by molar-refractivity contribution is 0.578. The fourth-order valence-corrected chi connectivity index (χ4v) is 1.54. The number of rotatable bonds is 1. The van der Waals surface area contributed by atoms with E-state index in [0.717, 1.165) is 15.7 Å². The van der Waals surface area contributed by atoms with Crippen LogP contribution in [-0.2, 0) is 0 Å². The highest BCUT2D eigenvalue weighted by Gasteiger charge is 2.11. The zero-order chi connectivity index (χ0) is 10.1. The van der Waals surface area contributed by atoms with Gasteiger partial charge in [0.15, 0.2) is 5.76 Å². The molecule has 0 radical (unpaired) electrons. The van der Waals surface area contributed by atoms with E-state index in [2.05, 4.69) is 25.9 Å². The average molecular weight is 254 g/mol. The van der Waals surface area contributed by atoms with Crippen LogP contribution in [0.5, 0.6) is 0 Å². The standard InChI is InChI=1S/C9H8BrN3O/c1-5-4-12-9(11)13-7(5)8-6(10)2-3-14-8/h2-4H,1H3,(H2,11,12,13). The van der Waals surface area contributed by atoms with Crippen LogP contribution in [0.25, 0.3) is 11.5 Å². The van der Waals surface area contributed by atoms with Gasteiger partial charge in [0.05, 0.1) is 10.7 Å². The van der Waals surface area contributed by atoms with E-state index in [1.807, 2.05) is 13.0 Å². The Bertz CT molecular complexity index is 467. The van der Waals surface area contributed by atoms with Crippen LogP contribution in [0.15, 0.2) is 27.4 Å². The molecule has 0 bridgehead atoms. The van der Waals surface area contributed by atoms with Crippen LogP contribution in [0.3, 0.4) is 0 Å². The molecule has 0 spiro atoms. The molecule has 2 rings (SSSR count). The summed E-state index contributed by atoms with van der Waals surface area (Å²) in [5.41, 5.74) is 7.15. The van der Waals surface area contributed by atoms with Crippen LogP contribution in [0.4, 0.5) is 5.95 Å². The average Bonchev–Trinajstić information content (AvgIpc) is 2.56. The first-order chi connectivity index (χ1) is 6.68. The summed E-state index contributed by atoms with van der Waals surface area (Å²) in [4.78, 5) is 8.01. The molecule has 2 heterocycles. The number of aryl methyl sites for hydroxylation is 1. The lowest BCUT2D eigenvalue weighted by atomic mass is 10.2. The molecule has 0 aliphatic rings. The molecule has 2 N–H and O–H groups in total. The van der Waals surface area contributed by atoms with E-state index in [1.165, 1.54) is 0 Å². The number of furan rings is 1. The Kier molecular flexibility index (Phi) is 2.25. The van der Waals surface area contributed by atoms with Crippen molar-refractivity contribution in [1.29, 1.82) is 0 Å². The van der Waals surface area contributed by atoms with Gasteiger partial charge in [-0.15, -0.1) is 0 Å². The fourth-order valence-electron chi connectivity index (χ4n) is 1.15. The van der Waals surface area contributed by atoms with Gasteiger partial charge in [-0.25, -0.2) is 9.97 Å². The molecule has 5 heteroatoms. The summed E-state index contributed by atoms with van der Waals surface area (Å²) in [5, 5.41) is 0. The van der Waals surface area contributed by atoms with Crippen molar-refractivity contribution in [2.75, 3.05) is 5.73 Å². The van der Waals surface area contributed by atoms with Crippen molar-refractivity contribution in [3.63, 3.8) is 0 Å². The summed E-state index contributed by atoms with van der Waals surface area (Å²) in [5.74, 6) is 0.922. The molecule has 2 aromatic rings. The maximum absolute atomic E-state index is 5.50. The van der Waals surface area contributed by atoms with Gasteiger partial charge in [-0.2, -0.15) is 0 Å². The van der Waals surface area contributed by atoms with Gasteiger partial charge in [-0.1, -0.05) is 0 Å². The Balaban J connectivity index is 2.62. The SMILES string of the molecule is Cc1cnc(N)nc1-c1occc1Br. The molecule has 0 aromatic carbocycles. The highest BCUT2D eigenvalue weighted by atomic mass is 79.9. The van der Waals surface area contributed by atoms with Gasteiger partial charge in [-0.05, 0) is 34.5 Å². The summed E-state index contributed by atoms with van der Waals surface area (Å²) < 4.78 is 6.15. The lowest BCUT2D eigenvalue weighted by Crippen LogP contribution is -1.97. The minimum atomic E-state index is 0.244. The highest BCUT2D eigenvalue weighted by molar-refractivity contribution is 9.10. The second kappa shape index (κ2) is 3.42. The number of halogens is 1. The summed E-state index contributed by atoms with van der Waals surface area (Å²) in [6.45, 7) is 1.91. The second-order valence-electron chi connectivity index (χ2n) is 2.86. The Morgan fingerprint density at radius 2 is 2.29 bits per heavy atom. The van der Waals surface area contributed by atoms with E-state index in [0.29, 0.717) is 5.76 Å². The first kappa shape index (κ1) is 9.21. The molecule has 0 saturated heterocycles. The Labute approximate surface area is 89.3 Å². The van der Waals surface area contributed by atoms with E-state index < -0.39 is 0 Å². The minimum absolute atomic E-state index is 0.244. The van der Waals surface area contributed by atoms with Gasteiger partial charge in [0.25, 0.3) is 0 Å². The molecule has 0 unspecified atom stereocenters. The van der Waals surface area contributed by atoms with Gasteiger partial charge in [0, 0.05) is 6.20 Å². The van der Waals surface area contributed by atoms with E-state index in [-0.39, 0.29) is 5.95 Å². The summed E-state index contributed by atoms with van der Waals surface area (Å²) in [6, 6.07) is 1.81. The number of nitrogen functional groups attached to an aromatic ring is 1. The van der Waals surface area contributed by atoms with Gasteiger partial charge < -0.3 is 10.2 Å². The predicted molar refractivity (Wildman–Crippen MR) is 56.6 cm³/mol. The quantitative estimate of drug-likeness (QED) is 0.848. The van der Waals surface area contributed by atoms with Crippen molar-refractivity contribution in [3.8, 4) is 11.5 Å². The molecule has 0 aliphatic heterocycles. The number of hydrogen-bond acceptors (Lipinski definition) is 4.